The van der Waals surface area contributed by atoms with E-state index in [2.05, 4.69) is 134 Å². The highest BCUT2D eigenvalue weighted by molar-refractivity contribution is 9.10. The fourth-order valence-electron chi connectivity index (χ4n) is 5.19. The summed E-state index contributed by atoms with van der Waals surface area (Å²) in [6.07, 6.45) is 9.37. The number of halogens is 2. The predicted molar refractivity (Wildman–Crippen MR) is 182 cm³/mol. The molecule has 38 heavy (non-hydrogen) atoms. The monoisotopic (exact) mass is 628 g/mol. The molecule has 0 unspecified atom stereocenters. The minimum atomic E-state index is -1.69. The van der Waals surface area contributed by atoms with Gasteiger partial charge in [0.25, 0.3) is 0 Å². The van der Waals surface area contributed by atoms with Gasteiger partial charge in [-0.1, -0.05) is 144 Å². The molecule has 0 atom stereocenters. The van der Waals surface area contributed by atoms with Crippen molar-refractivity contribution >= 4 is 58.8 Å². The fraction of sp³-hybridized carbons (Fsp3) is 0.529. The van der Waals surface area contributed by atoms with E-state index in [-0.39, 0.29) is 10.8 Å². The highest BCUT2D eigenvalue weighted by atomic mass is 79.9. The molecule has 4 heteroatoms. The highest BCUT2D eigenvalue weighted by Crippen LogP contribution is 2.37. The van der Waals surface area contributed by atoms with E-state index < -0.39 is 14.5 Å². The first-order chi connectivity index (χ1) is 17.3. The molecule has 0 saturated heterocycles. The first-order valence-electron chi connectivity index (χ1n) is 14.4. The van der Waals surface area contributed by atoms with E-state index in [1.165, 1.54) is 32.3 Å². The minimum absolute atomic E-state index is 0.190. The fourth-order valence-corrected chi connectivity index (χ4v) is 11.5. The van der Waals surface area contributed by atoms with E-state index in [1.54, 1.807) is 21.9 Å². The molecule has 0 saturated carbocycles. The van der Waals surface area contributed by atoms with Gasteiger partial charge in [-0.2, -0.15) is 11.1 Å². The van der Waals surface area contributed by atoms with Gasteiger partial charge in [0.05, 0.1) is 7.59 Å². The Morgan fingerprint density at radius 1 is 0.711 bits per heavy atom. The lowest BCUT2D eigenvalue weighted by Crippen LogP contribution is -2.61. The predicted octanol–water partition coefficient (Wildman–Crippen LogP) is 10.9. The SMILES string of the molecule is CCC1=Cc2cc(C(C)(C)C)cc(Br)c2C1.CCC1=Cc2cc(C(C)(C)C)cc([Si](C)(C)[Si](C)(C)Cl)c2C1. The van der Waals surface area contributed by atoms with E-state index in [0.717, 1.165) is 25.7 Å². The molecule has 0 bridgehead atoms. The van der Waals surface area contributed by atoms with Gasteiger partial charge in [-0.25, -0.2) is 0 Å². The van der Waals surface area contributed by atoms with Crippen molar-refractivity contribution in [1.82, 2.24) is 0 Å². The molecule has 0 heterocycles. The van der Waals surface area contributed by atoms with Crippen LogP contribution in [0.1, 0.15) is 102 Å². The van der Waals surface area contributed by atoms with Crippen molar-refractivity contribution in [2.75, 3.05) is 0 Å². The molecule has 2 aromatic carbocycles. The molecule has 2 aromatic rings. The lowest BCUT2D eigenvalue weighted by molar-refractivity contribution is 0.589. The van der Waals surface area contributed by atoms with Crippen LogP contribution in [-0.4, -0.2) is 14.5 Å². The lowest BCUT2D eigenvalue weighted by Gasteiger charge is -2.36. The second-order valence-corrected chi connectivity index (χ2v) is 33.3. The van der Waals surface area contributed by atoms with Gasteiger partial charge in [-0.15, -0.1) is 0 Å². The molecule has 0 nitrogen and oxygen atoms in total. The van der Waals surface area contributed by atoms with Crippen LogP contribution in [0.15, 0.2) is 39.9 Å². The number of rotatable bonds is 4. The zero-order valence-corrected chi connectivity index (χ0v) is 30.4. The van der Waals surface area contributed by atoms with Gasteiger partial charge in [0.1, 0.15) is 6.90 Å². The van der Waals surface area contributed by atoms with E-state index >= 15 is 0 Å². The second-order valence-electron chi connectivity index (χ2n) is 14.4. The lowest BCUT2D eigenvalue weighted by atomic mass is 9.85. The van der Waals surface area contributed by atoms with E-state index in [4.69, 9.17) is 11.1 Å². The molecular weight excluding hydrogens is 580 g/mol. The Balaban J connectivity index is 0.000000221. The average molecular weight is 630 g/mol. The number of allylic oxidation sites excluding steroid dienone is 2. The molecule has 0 spiro atoms. The largest absolute Gasteiger partial charge is 0.171 e. The van der Waals surface area contributed by atoms with Gasteiger partial charge >= 0.3 is 0 Å². The molecule has 208 valence electrons. The minimum Gasteiger partial charge on any atom is -0.171 e. The molecule has 0 amide bonds. The second kappa shape index (κ2) is 11.2. The van der Waals surface area contributed by atoms with Gasteiger partial charge in [-0.05, 0) is 76.0 Å². The van der Waals surface area contributed by atoms with Gasteiger partial charge in [0.2, 0.25) is 0 Å². The summed E-state index contributed by atoms with van der Waals surface area (Å²) >= 11 is 10.7. The third-order valence-corrected chi connectivity index (χ3v) is 28.3. The van der Waals surface area contributed by atoms with Crippen molar-refractivity contribution in [1.29, 1.82) is 0 Å². The van der Waals surface area contributed by atoms with E-state index in [0.29, 0.717) is 0 Å². The third-order valence-electron chi connectivity index (χ3n) is 8.84. The van der Waals surface area contributed by atoms with Crippen LogP contribution in [0.2, 0.25) is 26.2 Å². The van der Waals surface area contributed by atoms with Crippen molar-refractivity contribution in [3.8, 4) is 0 Å². The summed E-state index contributed by atoms with van der Waals surface area (Å²) in [6, 6.07) is 9.57. The number of fused-ring (bicyclic) bond motifs is 2. The first kappa shape index (κ1) is 31.6. The molecule has 0 aliphatic heterocycles. The van der Waals surface area contributed by atoms with Crippen LogP contribution in [0, 0.1) is 0 Å². The summed E-state index contributed by atoms with van der Waals surface area (Å²) in [4.78, 5) is 0. The van der Waals surface area contributed by atoms with Gasteiger partial charge in [-0.3, -0.25) is 0 Å². The molecule has 0 aromatic heterocycles. The standard InChI is InChI=1S/C19H31ClSi2.C15H19Br/c1-9-14-10-15-12-16(19(2,3)4)13-18(17(15)11-14)21(5,6)22(7,8)20;1-5-10-6-11-8-12(15(2,3)4)9-14(16)13(11)7-10/h10,12-13H,9,11H2,1-8H3;6,8-9H,5,7H2,1-4H3. The van der Waals surface area contributed by atoms with Crippen LogP contribution in [0.5, 0.6) is 0 Å². The molecular formula is C34H50BrClSi2. The van der Waals surface area contributed by atoms with Crippen molar-refractivity contribution in [3.63, 3.8) is 0 Å². The van der Waals surface area contributed by atoms with Crippen LogP contribution in [-0.2, 0) is 23.7 Å². The maximum Gasteiger partial charge on any atom is 0.146 e. The average Bonchev–Trinajstić information content (AvgIpc) is 3.40. The first-order valence-corrected chi connectivity index (χ1v) is 23.2. The van der Waals surface area contributed by atoms with Crippen molar-refractivity contribution in [3.05, 3.63) is 73.3 Å². The topological polar surface area (TPSA) is 0 Å². The normalized spacial score (nSPS) is 15.4. The number of hydrogen-bond acceptors (Lipinski definition) is 0. The zero-order chi connectivity index (χ0) is 28.8. The Morgan fingerprint density at radius 2 is 1.13 bits per heavy atom. The summed E-state index contributed by atoms with van der Waals surface area (Å²) < 4.78 is 1.27. The Bertz CT molecular complexity index is 1260. The summed E-state index contributed by atoms with van der Waals surface area (Å²) in [6.45, 7) is 26.2. The Hall–Kier alpha value is -0.876. The summed E-state index contributed by atoms with van der Waals surface area (Å²) in [5.41, 5.74) is 12.3. The molecule has 0 fully saturated rings. The van der Waals surface area contributed by atoms with Crippen molar-refractivity contribution < 1.29 is 0 Å². The molecule has 0 N–H and O–H groups in total. The van der Waals surface area contributed by atoms with Crippen LogP contribution in [0.4, 0.5) is 0 Å². The Morgan fingerprint density at radius 3 is 1.55 bits per heavy atom. The van der Waals surface area contributed by atoms with Crippen LogP contribution >= 0.6 is 27.0 Å². The third kappa shape index (κ3) is 6.70. The van der Waals surface area contributed by atoms with Gasteiger partial charge < -0.3 is 0 Å². The zero-order valence-electron chi connectivity index (χ0n) is 26.0. The quantitative estimate of drug-likeness (QED) is 0.233. The summed E-state index contributed by atoms with van der Waals surface area (Å²) in [5, 5.41) is 1.63. The Labute approximate surface area is 249 Å². The Kier molecular flexibility index (Phi) is 9.31. The number of benzene rings is 2. The maximum absolute atomic E-state index is 6.98. The van der Waals surface area contributed by atoms with E-state index in [1.807, 2.05) is 0 Å². The van der Waals surface area contributed by atoms with Crippen molar-refractivity contribution in [2.24, 2.45) is 0 Å². The maximum atomic E-state index is 6.98. The summed E-state index contributed by atoms with van der Waals surface area (Å²) in [7, 11) is -1.62. The molecule has 0 radical (unpaired) electrons. The van der Waals surface area contributed by atoms with Crippen LogP contribution in [0.3, 0.4) is 0 Å². The number of hydrogen-bond donors (Lipinski definition) is 0. The van der Waals surface area contributed by atoms with Crippen molar-refractivity contribution in [2.45, 2.75) is 118 Å². The van der Waals surface area contributed by atoms with Gasteiger partial charge in [0, 0.05) is 4.47 Å². The summed E-state index contributed by atoms with van der Waals surface area (Å²) in [5.74, 6) is 0. The molecule has 4 rings (SSSR count). The van der Waals surface area contributed by atoms with Crippen LogP contribution in [0.25, 0.3) is 12.2 Å². The van der Waals surface area contributed by atoms with E-state index in [9.17, 15) is 0 Å². The van der Waals surface area contributed by atoms with Gasteiger partial charge in [0.15, 0.2) is 0 Å². The van der Waals surface area contributed by atoms with Crippen LogP contribution < -0.4 is 5.19 Å². The smallest absolute Gasteiger partial charge is 0.146 e. The molecule has 2 aliphatic rings. The highest BCUT2D eigenvalue weighted by Gasteiger charge is 2.43. The molecule has 2 aliphatic carbocycles.